The summed E-state index contributed by atoms with van der Waals surface area (Å²) in [7, 11) is 0. The van der Waals surface area contributed by atoms with E-state index < -0.39 is 5.82 Å². The van der Waals surface area contributed by atoms with Crippen molar-refractivity contribution in [3.8, 4) is 17.1 Å². The third-order valence-electron chi connectivity index (χ3n) is 4.23. The van der Waals surface area contributed by atoms with Crippen LogP contribution >= 0.6 is 23.4 Å². The third kappa shape index (κ3) is 4.37. The van der Waals surface area contributed by atoms with Crippen LogP contribution < -0.4 is 5.32 Å². The molecule has 0 fully saturated rings. The standard InChI is InChI=1S/C22H16ClFN4OS/c23-17-11-5-4-10-16(17)21-26-27-22(28(21)19-13-7-6-12-18(19)24)30-14-20(29)25-15-8-2-1-3-9-15/h1-13H,14H2,(H,25,29). The molecule has 0 saturated heterocycles. The Kier molecular flexibility index (Phi) is 6.11. The molecular formula is C22H16ClFN4OS. The van der Waals surface area contributed by atoms with Gasteiger partial charge in [-0.25, -0.2) is 4.39 Å². The minimum Gasteiger partial charge on any atom is -0.325 e. The zero-order valence-corrected chi connectivity index (χ0v) is 17.2. The number of nitrogens with one attached hydrogen (secondary N) is 1. The molecule has 30 heavy (non-hydrogen) atoms. The summed E-state index contributed by atoms with van der Waals surface area (Å²) in [5, 5.41) is 12.1. The van der Waals surface area contributed by atoms with E-state index in [9.17, 15) is 9.18 Å². The molecule has 0 radical (unpaired) electrons. The topological polar surface area (TPSA) is 59.8 Å². The number of thioether (sulfide) groups is 1. The molecule has 5 nitrogen and oxygen atoms in total. The van der Waals surface area contributed by atoms with Crippen molar-refractivity contribution in [2.45, 2.75) is 5.16 Å². The molecule has 0 saturated carbocycles. The molecule has 8 heteroatoms. The van der Waals surface area contributed by atoms with Crippen LogP contribution in [-0.4, -0.2) is 26.4 Å². The van der Waals surface area contributed by atoms with Crippen LogP contribution in [0.15, 0.2) is 84.0 Å². The van der Waals surface area contributed by atoms with Gasteiger partial charge in [-0.1, -0.05) is 65.8 Å². The summed E-state index contributed by atoms with van der Waals surface area (Å²) < 4.78 is 16.2. The highest BCUT2D eigenvalue weighted by atomic mass is 35.5. The van der Waals surface area contributed by atoms with E-state index in [1.807, 2.05) is 24.3 Å². The number of carbonyl (C=O) groups excluding carboxylic acids is 1. The summed E-state index contributed by atoms with van der Waals surface area (Å²) in [6.45, 7) is 0. The van der Waals surface area contributed by atoms with E-state index >= 15 is 0 Å². The Morgan fingerprint density at radius 3 is 2.43 bits per heavy atom. The number of aromatic nitrogens is 3. The number of hydrogen-bond acceptors (Lipinski definition) is 4. The highest BCUT2D eigenvalue weighted by Crippen LogP contribution is 2.32. The maximum Gasteiger partial charge on any atom is 0.234 e. The molecule has 1 amide bonds. The van der Waals surface area contributed by atoms with Crippen LogP contribution in [0.25, 0.3) is 17.1 Å². The Bertz CT molecular complexity index is 1180. The predicted octanol–water partition coefficient (Wildman–Crippen LogP) is 5.46. The first-order chi connectivity index (χ1) is 14.6. The monoisotopic (exact) mass is 438 g/mol. The van der Waals surface area contributed by atoms with Crippen molar-refractivity contribution in [2.75, 3.05) is 11.1 Å². The van der Waals surface area contributed by atoms with Crippen LogP contribution in [0.1, 0.15) is 0 Å². The smallest absolute Gasteiger partial charge is 0.234 e. The van der Waals surface area contributed by atoms with E-state index in [-0.39, 0.29) is 17.3 Å². The maximum atomic E-state index is 14.6. The number of amides is 1. The Hall–Kier alpha value is -3.16. The number of hydrogen-bond donors (Lipinski definition) is 1. The Morgan fingerprint density at radius 1 is 0.967 bits per heavy atom. The normalized spacial score (nSPS) is 10.7. The number of benzene rings is 3. The fourth-order valence-corrected chi connectivity index (χ4v) is 3.84. The second kappa shape index (κ2) is 9.11. The highest BCUT2D eigenvalue weighted by Gasteiger charge is 2.20. The van der Waals surface area contributed by atoms with Gasteiger partial charge in [0.25, 0.3) is 0 Å². The molecule has 0 aliphatic carbocycles. The first-order valence-corrected chi connectivity index (χ1v) is 10.4. The van der Waals surface area contributed by atoms with E-state index in [2.05, 4.69) is 15.5 Å². The summed E-state index contributed by atoms with van der Waals surface area (Å²) >= 11 is 7.51. The van der Waals surface area contributed by atoms with Crippen molar-refractivity contribution in [1.29, 1.82) is 0 Å². The zero-order chi connectivity index (χ0) is 20.9. The molecule has 0 unspecified atom stereocenters. The molecule has 1 N–H and O–H groups in total. The summed E-state index contributed by atoms with van der Waals surface area (Å²) in [4.78, 5) is 12.3. The van der Waals surface area contributed by atoms with Gasteiger partial charge < -0.3 is 5.32 Å². The van der Waals surface area contributed by atoms with Gasteiger partial charge in [-0.05, 0) is 36.4 Å². The molecule has 0 atom stereocenters. The maximum absolute atomic E-state index is 14.6. The second-order valence-electron chi connectivity index (χ2n) is 6.28. The number of rotatable bonds is 6. The SMILES string of the molecule is O=C(CSc1nnc(-c2ccccc2Cl)n1-c1ccccc1F)Nc1ccccc1. The molecule has 150 valence electrons. The van der Waals surface area contributed by atoms with E-state index in [0.717, 1.165) is 0 Å². The number of carbonyl (C=O) groups is 1. The molecule has 0 aliphatic heterocycles. The quantitative estimate of drug-likeness (QED) is 0.406. The number of anilines is 1. The molecule has 1 heterocycles. The molecule has 0 bridgehead atoms. The van der Waals surface area contributed by atoms with Gasteiger partial charge in [0, 0.05) is 11.3 Å². The van der Waals surface area contributed by atoms with Crippen molar-refractivity contribution >= 4 is 35.0 Å². The summed E-state index contributed by atoms with van der Waals surface area (Å²) in [6.07, 6.45) is 0. The lowest BCUT2D eigenvalue weighted by atomic mass is 10.2. The van der Waals surface area contributed by atoms with Crippen LogP contribution in [0.5, 0.6) is 0 Å². The summed E-state index contributed by atoms with van der Waals surface area (Å²) in [6, 6.07) is 22.6. The van der Waals surface area contributed by atoms with Gasteiger partial charge in [-0.15, -0.1) is 10.2 Å². The molecular weight excluding hydrogens is 423 g/mol. The van der Waals surface area contributed by atoms with Crippen molar-refractivity contribution in [3.63, 3.8) is 0 Å². The van der Waals surface area contributed by atoms with Crippen LogP contribution in [0.4, 0.5) is 10.1 Å². The van der Waals surface area contributed by atoms with Crippen molar-refractivity contribution in [2.24, 2.45) is 0 Å². The third-order valence-corrected chi connectivity index (χ3v) is 5.49. The summed E-state index contributed by atoms with van der Waals surface area (Å²) in [5.74, 6) is -0.143. The van der Waals surface area contributed by atoms with Crippen LogP contribution in [-0.2, 0) is 4.79 Å². The fourth-order valence-electron chi connectivity index (χ4n) is 2.88. The lowest BCUT2D eigenvalue weighted by Crippen LogP contribution is -2.14. The van der Waals surface area contributed by atoms with E-state index in [4.69, 9.17) is 11.6 Å². The van der Waals surface area contributed by atoms with Crippen LogP contribution in [0.2, 0.25) is 5.02 Å². The molecule has 1 aromatic heterocycles. The number of para-hydroxylation sites is 2. The van der Waals surface area contributed by atoms with Gasteiger partial charge in [0.15, 0.2) is 11.0 Å². The Balaban J connectivity index is 1.66. The number of nitrogens with zero attached hydrogens (tertiary/aromatic N) is 3. The minimum atomic E-state index is -0.429. The Morgan fingerprint density at radius 2 is 1.67 bits per heavy atom. The predicted molar refractivity (Wildman–Crippen MR) is 118 cm³/mol. The van der Waals surface area contributed by atoms with Gasteiger partial charge in [0.05, 0.1) is 16.5 Å². The summed E-state index contributed by atoms with van der Waals surface area (Å²) in [5.41, 5.74) is 1.61. The van der Waals surface area contributed by atoms with E-state index in [1.165, 1.54) is 17.8 Å². The van der Waals surface area contributed by atoms with Crippen molar-refractivity contribution in [3.05, 3.63) is 89.7 Å². The van der Waals surface area contributed by atoms with E-state index in [0.29, 0.717) is 27.3 Å². The molecule has 0 spiro atoms. The average molecular weight is 439 g/mol. The second-order valence-corrected chi connectivity index (χ2v) is 7.63. The van der Waals surface area contributed by atoms with Gasteiger partial charge in [0.1, 0.15) is 5.82 Å². The molecule has 3 aromatic carbocycles. The average Bonchev–Trinajstić information content (AvgIpc) is 3.17. The fraction of sp³-hybridized carbons (Fsp3) is 0.0455. The van der Waals surface area contributed by atoms with Gasteiger partial charge in [0.2, 0.25) is 5.91 Å². The van der Waals surface area contributed by atoms with Crippen molar-refractivity contribution in [1.82, 2.24) is 14.8 Å². The largest absolute Gasteiger partial charge is 0.325 e. The number of halogens is 2. The molecule has 4 aromatic rings. The van der Waals surface area contributed by atoms with E-state index in [1.54, 1.807) is 53.1 Å². The lowest BCUT2D eigenvalue weighted by molar-refractivity contribution is -0.113. The lowest BCUT2D eigenvalue weighted by Gasteiger charge is -2.12. The van der Waals surface area contributed by atoms with Gasteiger partial charge in [-0.3, -0.25) is 9.36 Å². The molecule has 4 rings (SSSR count). The van der Waals surface area contributed by atoms with Gasteiger partial charge in [-0.2, -0.15) is 0 Å². The molecule has 0 aliphatic rings. The van der Waals surface area contributed by atoms with Crippen LogP contribution in [0, 0.1) is 5.82 Å². The highest BCUT2D eigenvalue weighted by molar-refractivity contribution is 7.99. The van der Waals surface area contributed by atoms with Crippen molar-refractivity contribution < 1.29 is 9.18 Å². The first-order valence-electron chi connectivity index (χ1n) is 9.06. The van der Waals surface area contributed by atoms with Crippen LogP contribution in [0.3, 0.4) is 0 Å². The first kappa shape index (κ1) is 20.1. The van der Waals surface area contributed by atoms with Gasteiger partial charge >= 0.3 is 0 Å². The minimum absolute atomic E-state index is 0.0873. The zero-order valence-electron chi connectivity index (χ0n) is 15.6. The Labute approximate surface area is 181 Å².